The second-order valence-electron chi connectivity index (χ2n) is 4.05. The van der Waals surface area contributed by atoms with Crippen molar-refractivity contribution >= 4 is 0 Å². The van der Waals surface area contributed by atoms with E-state index in [1.807, 2.05) is 6.07 Å². The molecule has 1 aromatic rings. The molecule has 0 bridgehead atoms. The van der Waals surface area contributed by atoms with Crippen molar-refractivity contribution in [3.05, 3.63) is 29.8 Å². The van der Waals surface area contributed by atoms with Crippen LogP contribution in [0.5, 0.6) is 5.75 Å². The maximum Gasteiger partial charge on any atom is 0.573 e. The van der Waals surface area contributed by atoms with Gasteiger partial charge in [-0.2, -0.15) is 0 Å². The van der Waals surface area contributed by atoms with Gasteiger partial charge in [0.05, 0.1) is 0 Å². The highest BCUT2D eigenvalue weighted by Crippen LogP contribution is 2.23. The summed E-state index contributed by atoms with van der Waals surface area (Å²) in [5.41, 5.74) is 0.857. The van der Waals surface area contributed by atoms with Crippen molar-refractivity contribution in [2.45, 2.75) is 32.5 Å². The minimum Gasteiger partial charge on any atom is -0.406 e. The molecule has 0 saturated heterocycles. The standard InChI is InChI=1S/C13H18F3NO/c1-2-8-17-9-4-6-11-5-3-7-12(10-11)18-13(14,15)16/h3,5,7,10,17H,2,4,6,8-9H2,1H3. The van der Waals surface area contributed by atoms with Gasteiger partial charge in [-0.3, -0.25) is 0 Å². The Balaban J connectivity index is 2.40. The summed E-state index contributed by atoms with van der Waals surface area (Å²) in [6.45, 7) is 3.93. The molecule has 0 heterocycles. The van der Waals surface area contributed by atoms with Crippen molar-refractivity contribution in [1.82, 2.24) is 5.32 Å². The van der Waals surface area contributed by atoms with Gasteiger partial charge in [0.1, 0.15) is 5.75 Å². The summed E-state index contributed by atoms with van der Waals surface area (Å²) in [7, 11) is 0. The predicted octanol–water partition coefficient (Wildman–Crippen LogP) is 3.52. The quantitative estimate of drug-likeness (QED) is 0.758. The zero-order valence-electron chi connectivity index (χ0n) is 10.4. The number of benzene rings is 1. The molecule has 0 radical (unpaired) electrons. The van der Waals surface area contributed by atoms with E-state index in [0.29, 0.717) is 0 Å². The third-order valence-corrected chi connectivity index (χ3v) is 2.38. The lowest BCUT2D eigenvalue weighted by molar-refractivity contribution is -0.274. The van der Waals surface area contributed by atoms with Gasteiger partial charge in [0, 0.05) is 0 Å². The minimum absolute atomic E-state index is 0.151. The van der Waals surface area contributed by atoms with Crippen LogP contribution in [-0.4, -0.2) is 19.5 Å². The van der Waals surface area contributed by atoms with Gasteiger partial charge in [-0.25, -0.2) is 0 Å². The monoisotopic (exact) mass is 261 g/mol. The maximum absolute atomic E-state index is 12.0. The van der Waals surface area contributed by atoms with E-state index in [9.17, 15) is 13.2 Å². The minimum atomic E-state index is -4.62. The zero-order chi connectivity index (χ0) is 13.4. The number of rotatable bonds is 7. The Morgan fingerprint density at radius 1 is 1.22 bits per heavy atom. The van der Waals surface area contributed by atoms with Gasteiger partial charge in [0.15, 0.2) is 0 Å². The van der Waals surface area contributed by atoms with Gasteiger partial charge in [0.2, 0.25) is 0 Å². The molecule has 0 amide bonds. The third-order valence-electron chi connectivity index (χ3n) is 2.38. The van der Waals surface area contributed by atoms with Crippen LogP contribution in [0.4, 0.5) is 13.2 Å². The Morgan fingerprint density at radius 2 is 2.00 bits per heavy atom. The molecule has 0 aliphatic heterocycles. The van der Waals surface area contributed by atoms with Crippen LogP contribution in [0.3, 0.4) is 0 Å². The molecular weight excluding hydrogens is 243 g/mol. The molecule has 1 N–H and O–H groups in total. The fourth-order valence-electron chi connectivity index (χ4n) is 1.62. The summed E-state index contributed by atoms with van der Waals surface area (Å²) in [5, 5.41) is 3.25. The Kier molecular flexibility index (Phi) is 5.98. The molecule has 0 unspecified atom stereocenters. The molecule has 0 aromatic heterocycles. The Morgan fingerprint density at radius 3 is 2.67 bits per heavy atom. The number of alkyl halides is 3. The molecule has 0 aliphatic rings. The normalized spacial score (nSPS) is 11.6. The van der Waals surface area contributed by atoms with Gasteiger partial charge in [-0.1, -0.05) is 19.1 Å². The van der Waals surface area contributed by atoms with Gasteiger partial charge in [0.25, 0.3) is 0 Å². The lowest BCUT2D eigenvalue weighted by Gasteiger charge is -2.10. The Labute approximate surface area is 105 Å². The first-order valence-corrected chi connectivity index (χ1v) is 6.06. The van der Waals surface area contributed by atoms with Crippen LogP contribution in [0.15, 0.2) is 24.3 Å². The van der Waals surface area contributed by atoms with Gasteiger partial charge < -0.3 is 10.1 Å². The van der Waals surface area contributed by atoms with Crippen LogP contribution in [0.25, 0.3) is 0 Å². The summed E-state index contributed by atoms with van der Waals surface area (Å²) in [6, 6.07) is 6.14. The van der Waals surface area contributed by atoms with Crippen molar-refractivity contribution < 1.29 is 17.9 Å². The number of nitrogens with one attached hydrogen (secondary N) is 1. The molecule has 0 atom stereocenters. The smallest absolute Gasteiger partial charge is 0.406 e. The molecule has 0 spiro atoms. The number of halogens is 3. The Bertz CT molecular complexity index is 352. The number of aryl methyl sites for hydroxylation is 1. The average molecular weight is 261 g/mol. The van der Waals surface area contributed by atoms with Crippen LogP contribution in [0, 0.1) is 0 Å². The molecule has 0 aliphatic carbocycles. The van der Waals surface area contributed by atoms with Crippen LogP contribution in [-0.2, 0) is 6.42 Å². The van der Waals surface area contributed by atoms with Crippen LogP contribution in [0.2, 0.25) is 0 Å². The van der Waals surface area contributed by atoms with Crippen molar-refractivity contribution in [1.29, 1.82) is 0 Å². The molecular formula is C13H18F3NO. The second-order valence-corrected chi connectivity index (χ2v) is 4.05. The van der Waals surface area contributed by atoms with Crippen LogP contribution in [0.1, 0.15) is 25.3 Å². The van der Waals surface area contributed by atoms with Crippen LogP contribution >= 0.6 is 0 Å². The molecule has 1 rings (SSSR count). The van der Waals surface area contributed by atoms with E-state index < -0.39 is 6.36 Å². The van der Waals surface area contributed by atoms with Crippen molar-refractivity contribution in [3.63, 3.8) is 0 Å². The fourth-order valence-corrected chi connectivity index (χ4v) is 1.62. The summed E-state index contributed by atoms with van der Waals surface area (Å²) in [6.07, 6.45) is -1.91. The number of hydrogen-bond acceptors (Lipinski definition) is 2. The lowest BCUT2D eigenvalue weighted by Crippen LogP contribution is -2.17. The van der Waals surface area contributed by atoms with E-state index >= 15 is 0 Å². The largest absolute Gasteiger partial charge is 0.573 e. The van der Waals surface area contributed by atoms with Crippen molar-refractivity contribution in [2.75, 3.05) is 13.1 Å². The van der Waals surface area contributed by atoms with E-state index in [1.54, 1.807) is 6.07 Å². The summed E-state index contributed by atoms with van der Waals surface area (Å²) < 4.78 is 40.0. The first-order chi connectivity index (χ1) is 8.51. The molecule has 0 fully saturated rings. The molecule has 1 aromatic carbocycles. The predicted molar refractivity (Wildman–Crippen MR) is 64.6 cm³/mol. The van der Waals surface area contributed by atoms with Crippen molar-refractivity contribution in [3.8, 4) is 5.75 Å². The summed E-state index contributed by atoms with van der Waals surface area (Å²) >= 11 is 0. The number of hydrogen-bond donors (Lipinski definition) is 1. The highest BCUT2D eigenvalue weighted by molar-refractivity contribution is 5.28. The van der Waals surface area contributed by atoms with E-state index in [1.165, 1.54) is 12.1 Å². The molecule has 102 valence electrons. The van der Waals surface area contributed by atoms with Gasteiger partial charge in [-0.05, 0) is 50.0 Å². The van der Waals surface area contributed by atoms with Crippen molar-refractivity contribution in [2.24, 2.45) is 0 Å². The SMILES string of the molecule is CCCNCCCc1cccc(OC(F)(F)F)c1. The van der Waals surface area contributed by atoms with Crippen LogP contribution < -0.4 is 10.1 Å². The third kappa shape index (κ3) is 6.49. The summed E-state index contributed by atoms with van der Waals surface area (Å²) in [4.78, 5) is 0. The first kappa shape index (κ1) is 14.8. The van der Waals surface area contributed by atoms with E-state index in [2.05, 4.69) is 17.0 Å². The van der Waals surface area contributed by atoms with Gasteiger partial charge in [-0.15, -0.1) is 13.2 Å². The molecule has 18 heavy (non-hydrogen) atoms. The topological polar surface area (TPSA) is 21.3 Å². The van der Waals surface area contributed by atoms with E-state index in [4.69, 9.17) is 0 Å². The Hall–Kier alpha value is -1.23. The average Bonchev–Trinajstić information content (AvgIpc) is 2.27. The van der Waals surface area contributed by atoms with E-state index in [0.717, 1.165) is 37.9 Å². The van der Waals surface area contributed by atoms with Gasteiger partial charge >= 0.3 is 6.36 Å². The summed E-state index contributed by atoms with van der Waals surface area (Å²) in [5.74, 6) is -0.151. The zero-order valence-corrected chi connectivity index (χ0v) is 10.4. The van der Waals surface area contributed by atoms with E-state index in [-0.39, 0.29) is 5.75 Å². The highest BCUT2D eigenvalue weighted by atomic mass is 19.4. The lowest BCUT2D eigenvalue weighted by atomic mass is 10.1. The molecule has 0 saturated carbocycles. The first-order valence-electron chi connectivity index (χ1n) is 6.06. The fraction of sp³-hybridized carbons (Fsp3) is 0.538. The highest BCUT2D eigenvalue weighted by Gasteiger charge is 2.30. The molecule has 5 heteroatoms. The second kappa shape index (κ2) is 7.26. The molecule has 2 nitrogen and oxygen atoms in total. The number of ether oxygens (including phenoxy) is 1. The maximum atomic E-state index is 12.0.